The van der Waals surface area contributed by atoms with E-state index in [0.29, 0.717) is 6.04 Å². The number of benzene rings is 1. The highest BCUT2D eigenvalue weighted by molar-refractivity contribution is 14.1. The Morgan fingerprint density at radius 3 is 3.06 bits per heavy atom. The molecule has 1 heterocycles. The summed E-state index contributed by atoms with van der Waals surface area (Å²) in [4.78, 5) is 2.48. The summed E-state index contributed by atoms with van der Waals surface area (Å²) < 4.78 is 1.29. The zero-order valence-corrected chi connectivity index (χ0v) is 11.9. The van der Waals surface area contributed by atoms with Gasteiger partial charge in [-0.3, -0.25) is 0 Å². The van der Waals surface area contributed by atoms with Crippen LogP contribution in [-0.4, -0.2) is 31.1 Å². The van der Waals surface area contributed by atoms with Crippen LogP contribution in [0.3, 0.4) is 0 Å². The minimum Gasteiger partial charge on any atom is -0.383 e. The smallest absolute Gasteiger partial charge is 0.0351 e. The summed E-state index contributed by atoms with van der Waals surface area (Å²) in [6.07, 6.45) is 4.06. The van der Waals surface area contributed by atoms with Gasteiger partial charge < -0.3 is 10.2 Å². The molecule has 0 amide bonds. The second-order valence-electron chi connectivity index (χ2n) is 4.52. The predicted molar refractivity (Wildman–Crippen MR) is 77.9 cm³/mol. The van der Waals surface area contributed by atoms with E-state index >= 15 is 0 Å². The lowest BCUT2D eigenvalue weighted by Crippen LogP contribution is -2.40. The van der Waals surface area contributed by atoms with Crippen LogP contribution in [0, 0.1) is 3.57 Å². The molecule has 1 aromatic carbocycles. The van der Waals surface area contributed by atoms with Crippen LogP contribution in [-0.2, 0) is 0 Å². The molecule has 0 aromatic heterocycles. The lowest BCUT2D eigenvalue weighted by molar-refractivity contribution is 0.194. The molecule has 2 rings (SSSR count). The fraction of sp³-hybridized carbons (Fsp3) is 0.538. The van der Waals surface area contributed by atoms with Crippen molar-refractivity contribution in [2.45, 2.75) is 25.3 Å². The van der Waals surface area contributed by atoms with E-state index in [2.05, 4.69) is 64.1 Å². The van der Waals surface area contributed by atoms with Crippen molar-refractivity contribution in [2.24, 2.45) is 0 Å². The largest absolute Gasteiger partial charge is 0.383 e. The van der Waals surface area contributed by atoms with Crippen molar-refractivity contribution in [1.82, 2.24) is 4.90 Å². The minimum atomic E-state index is 0.701. The molecule has 0 spiro atoms. The molecule has 16 heavy (non-hydrogen) atoms. The van der Waals surface area contributed by atoms with Crippen LogP contribution in [0.2, 0.25) is 0 Å². The number of nitrogens with one attached hydrogen (secondary N) is 1. The third kappa shape index (κ3) is 3.35. The van der Waals surface area contributed by atoms with Crippen molar-refractivity contribution in [3.63, 3.8) is 0 Å². The van der Waals surface area contributed by atoms with E-state index in [4.69, 9.17) is 0 Å². The highest BCUT2D eigenvalue weighted by atomic mass is 127. The predicted octanol–water partition coefficient (Wildman–Crippen LogP) is 3.19. The third-order valence-electron chi connectivity index (χ3n) is 3.29. The van der Waals surface area contributed by atoms with Crippen LogP contribution < -0.4 is 5.32 Å². The van der Waals surface area contributed by atoms with Gasteiger partial charge in [0, 0.05) is 21.8 Å². The number of rotatable bonds is 3. The Bertz CT molecular complexity index is 340. The zero-order chi connectivity index (χ0) is 11.4. The highest BCUT2D eigenvalue weighted by Gasteiger charge is 2.18. The summed E-state index contributed by atoms with van der Waals surface area (Å²) in [7, 11) is 2.24. The van der Waals surface area contributed by atoms with E-state index in [-0.39, 0.29) is 0 Å². The molecule has 88 valence electrons. The van der Waals surface area contributed by atoms with Crippen LogP contribution in [0.15, 0.2) is 24.3 Å². The Kier molecular flexibility index (Phi) is 4.46. The van der Waals surface area contributed by atoms with Crippen LogP contribution in [0.4, 0.5) is 5.69 Å². The quantitative estimate of drug-likeness (QED) is 0.857. The first-order valence-electron chi connectivity index (χ1n) is 5.95. The van der Waals surface area contributed by atoms with E-state index in [1.54, 1.807) is 0 Å². The molecule has 1 atom stereocenters. The van der Waals surface area contributed by atoms with E-state index < -0.39 is 0 Å². The maximum absolute atomic E-state index is 3.54. The molecular formula is C13H19IN2. The second kappa shape index (κ2) is 5.87. The molecule has 1 N–H and O–H groups in total. The first-order chi connectivity index (χ1) is 7.75. The summed E-state index contributed by atoms with van der Waals surface area (Å²) >= 11 is 2.35. The highest BCUT2D eigenvalue weighted by Crippen LogP contribution is 2.17. The Hall–Kier alpha value is -0.290. The molecule has 1 aliphatic rings. The summed E-state index contributed by atoms with van der Waals surface area (Å²) in [6, 6.07) is 9.27. The number of likely N-dealkylation sites (N-methyl/N-ethyl adjacent to an activating group) is 1. The average Bonchev–Trinajstić information content (AvgIpc) is 2.28. The van der Waals surface area contributed by atoms with Crippen LogP contribution >= 0.6 is 22.6 Å². The summed E-state index contributed by atoms with van der Waals surface area (Å²) in [6.45, 7) is 2.31. The fourth-order valence-corrected chi connectivity index (χ4v) is 2.78. The number of hydrogen-bond donors (Lipinski definition) is 1. The van der Waals surface area contributed by atoms with Gasteiger partial charge >= 0.3 is 0 Å². The maximum atomic E-state index is 3.54. The van der Waals surface area contributed by atoms with Crippen molar-refractivity contribution < 1.29 is 0 Å². The molecule has 0 aliphatic carbocycles. The monoisotopic (exact) mass is 330 g/mol. The standard InChI is InChI=1S/C13H19IN2/c1-16-8-3-2-7-13(16)10-15-12-6-4-5-11(14)9-12/h4-6,9,13,15H,2-3,7-8,10H2,1H3. The SMILES string of the molecule is CN1CCCCC1CNc1cccc(I)c1. The van der Waals surface area contributed by atoms with E-state index in [0.717, 1.165) is 6.54 Å². The molecule has 0 radical (unpaired) electrons. The van der Waals surface area contributed by atoms with Crippen LogP contribution in [0.25, 0.3) is 0 Å². The summed E-state index contributed by atoms with van der Waals surface area (Å²) in [5, 5.41) is 3.54. The van der Waals surface area contributed by atoms with Gasteiger partial charge in [0.1, 0.15) is 0 Å². The number of anilines is 1. The van der Waals surface area contributed by atoms with Gasteiger partial charge in [0.05, 0.1) is 0 Å². The van der Waals surface area contributed by atoms with Crippen molar-refractivity contribution in [2.75, 3.05) is 25.5 Å². The normalized spacial score (nSPS) is 22.0. The van der Waals surface area contributed by atoms with Gasteiger partial charge in [0.25, 0.3) is 0 Å². The Morgan fingerprint density at radius 2 is 2.31 bits per heavy atom. The lowest BCUT2D eigenvalue weighted by Gasteiger charge is -2.32. The number of hydrogen-bond acceptors (Lipinski definition) is 2. The maximum Gasteiger partial charge on any atom is 0.0351 e. The van der Waals surface area contributed by atoms with Crippen molar-refractivity contribution in [1.29, 1.82) is 0 Å². The molecule has 3 heteroatoms. The topological polar surface area (TPSA) is 15.3 Å². The number of piperidine rings is 1. The van der Waals surface area contributed by atoms with Crippen molar-refractivity contribution in [3.05, 3.63) is 27.8 Å². The first-order valence-corrected chi connectivity index (χ1v) is 7.03. The second-order valence-corrected chi connectivity index (χ2v) is 5.77. The molecule has 1 fully saturated rings. The third-order valence-corrected chi connectivity index (χ3v) is 3.96. The van der Waals surface area contributed by atoms with E-state index in [1.165, 1.54) is 35.1 Å². The molecule has 1 aromatic rings. The summed E-state index contributed by atoms with van der Waals surface area (Å²) in [5.74, 6) is 0. The zero-order valence-electron chi connectivity index (χ0n) is 9.75. The van der Waals surface area contributed by atoms with Gasteiger partial charge in [-0.1, -0.05) is 12.5 Å². The van der Waals surface area contributed by atoms with Crippen molar-refractivity contribution >= 4 is 28.3 Å². The molecule has 2 nitrogen and oxygen atoms in total. The Morgan fingerprint density at radius 1 is 1.44 bits per heavy atom. The fourth-order valence-electron chi connectivity index (χ4n) is 2.24. The summed E-state index contributed by atoms with van der Waals surface area (Å²) in [5.41, 5.74) is 1.24. The molecule has 1 aliphatic heterocycles. The van der Waals surface area contributed by atoms with Gasteiger partial charge in [-0.05, 0) is 67.2 Å². The van der Waals surface area contributed by atoms with Crippen LogP contribution in [0.1, 0.15) is 19.3 Å². The molecule has 1 unspecified atom stereocenters. The van der Waals surface area contributed by atoms with E-state index in [1.807, 2.05) is 0 Å². The first kappa shape index (κ1) is 12.2. The van der Waals surface area contributed by atoms with E-state index in [9.17, 15) is 0 Å². The van der Waals surface area contributed by atoms with Gasteiger partial charge in [-0.2, -0.15) is 0 Å². The molecular weight excluding hydrogens is 311 g/mol. The molecule has 0 bridgehead atoms. The molecule has 0 saturated carbocycles. The van der Waals surface area contributed by atoms with Crippen LogP contribution in [0.5, 0.6) is 0 Å². The minimum absolute atomic E-state index is 0.701. The average molecular weight is 330 g/mol. The molecule has 1 saturated heterocycles. The number of nitrogens with zero attached hydrogens (tertiary/aromatic N) is 1. The van der Waals surface area contributed by atoms with Gasteiger partial charge in [0.15, 0.2) is 0 Å². The number of halogens is 1. The van der Waals surface area contributed by atoms with Gasteiger partial charge in [-0.15, -0.1) is 0 Å². The Balaban J connectivity index is 1.86. The van der Waals surface area contributed by atoms with Crippen molar-refractivity contribution in [3.8, 4) is 0 Å². The lowest BCUT2D eigenvalue weighted by atomic mass is 10.0. The van der Waals surface area contributed by atoms with Gasteiger partial charge in [-0.25, -0.2) is 0 Å². The number of likely N-dealkylation sites (tertiary alicyclic amines) is 1. The van der Waals surface area contributed by atoms with Gasteiger partial charge in [0.2, 0.25) is 0 Å². The Labute approximate surface area is 112 Å².